The summed E-state index contributed by atoms with van der Waals surface area (Å²) in [5.41, 5.74) is 0. The zero-order chi connectivity index (χ0) is 12.1. The lowest BCUT2D eigenvalue weighted by molar-refractivity contribution is 0.0147. The summed E-state index contributed by atoms with van der Waals surface area (Å²) in [6.45, 7) is 7.52. The standard InChI is InChI=1S/C15H26N2/c1-3-4-5-7-10-16-13-15-9-6-8-11-17(15)12-14(16)2/h1,14-15H,4-13H2,2H3. The van der Waals surface area contributed by atoms with Crippen LogP contribution in [0.4, 0.5) is 0 Å². The van der Waals surface area contributed by atoms with Crippen molar-refractivity contribution in [1.29, 1.82) is 0 Å². The third-order valence-electron chi connectivity index (χ3n) is 4.33. The minimum Gasteiger partial charge on any atom is -0.298 e. The highest BCUT2D eigenvalue weighted by Crippen LogP contribution is 2.24. The van der Waals surface area contributed by atoms with Crippen LogP contribution in [-0.2, 0) is 0 Å². The van der Waals surface area contributed by atoms with Crippen molar-refractivity contribution in [2.45, 2.75) is 57.5 Å². The van der Waals surface area contributed by atoms with Crippen LogP contribution >= 0.6 is 0 Å². The number of piperidine rings is 1. The molecule has 0 N–H and O–H groups in total. The van der Waals surface area contributed by atoms with Crippen molar-refractivity contribution in [3.63, 3.8) is 0 Å². The molecule has 2 unspecified atom stereocenters. The van der Waals surface area contributed by atoms with Crippen LogP contribution in [0.2, 0.25) is 0 Å². The van der Waals surface area contributed by atoms with Gasteiger partial charge in [0, 0.05) is 31.6 Å². The summed E-state index contributed by atoms with van der Waals surface area (Å²) in [5.74, 6) is 2.74. The van der Waals surface area contributed by atoms with E-state index in [-0.39, 0.29) is 0 Å². The molecule has 2 heterocycles. The summed E-state index contributed by atoms with van der Waals surface area (Å²) in [6.07, 6.45) is 12.9. The Morgan fingerprint density at radius 1 is 1.24 bits per heavy atom. The van der Waals surface area contributed by atoms with Gasteiger partial charge in [-0.2, -0.15) is 0 Å². The van der Waals surface area contributed by atoms with Crippen molar-refractivity contribution in [2.75, 3.05) is 26.2 Å². The third kappa shape index (κ3) is 3.47. The molecule has 0 amide bonds. The van der Waals surface area contributed by atoms with Gasteiger partial charge in [0.15, 0.2) is 0 Å². The fraction of sp³-hybridized carbons (Fsp3) is 0.867. The molecule has 0 radical (unpaired) electrons. The molecule has 0 aromatic rings. The number of nitrogens with zero attached hydrogens (tertiary/aromatic N) is 2. The smallest absolute Gasteiger partial charge is 0.0223 e. The van der Waals surface area contributed by atoms with Gasteiger partial charge in [-0.25, -0.2) is 0 Å². The van der Waals surface area contributed by atoms with E-state index in [1.165, 1.54) is 58.3 Å². The van der Waals surface area contributed by atoms with E-state index >= 15 is 0 Å². The molecule has 17 heavy (non-hydrogen) atoms. The second-order valence-electron chi connectivity index (χ2n) is 5.65. The van der Waals surface area contributed by atoms with E-state index < -0.39 is 0 Å². The number of unbranched alkanes of at least 4 members (excludes halogenated alkanes) is 2. The highest BCUT2D eigenvalue weighted by Gasteiger charge is 2.32. The lowest BCUT2D eigenvalue weighted by atomic mass is 9.97. The molecule has 0 saturated carbocycles. The maximum Gasteiger partial charge on any atom is 0.0223 e. The Bertz CT molecular complexity index is 269. The van der Waals surface area contributed by atoms with Gasteiger partial charge in [0.2, 0.25) is 0 Å². The van der Waals surface area contributed by atoms with Crippen LogP contribution in [0.15, 0.2) is 0 Å². The molecule has 96 valence electrons. The zero-order valence-corrected chi connectivity index (χ0v) is 11.2. The highest BCUT2D eigenvalue weighted by molar-refractivity contribution is 4.89. The van der Waals surface area contributed by atoms with E-state index in [0.717, 1.165) is 18.5 Å². The van der Waals surface area contributed by atoms with Crippen molar-refractivity contribution in [1.82, 2.24) is 9.80 Å². The number of fused-ring (bicyclic) bond motifs is 1. The number of terminal acetylenes is 1. The molecule has 0 bridgehead atoms. The van der Waals surface area contributed by atoms with Crippen LogP contribution in [0, 0.1) is 12.3 Å². The van der Waals surface area contributed by atoms with Gasteiger partial charge >= 0.3 is 0 Å². The van der Waals surface area contributed by atoms with Crippen LogP contribution in [-0.4, -0.2) is 48.1 Å². The molecule has 2 aliphatic heterocycles. The van der Waals surface area contributed by atoms with E-state index in [4.69, 9.17) is 6.42 Å². The van der Waals surface area contributed by atoms with Crippen LogP contribution in [0.25, 0.3) is 0 Å². The van der Waals surface area contributed by atoms with E-state index in [1.807, 2.05) is 0 Å². The van der Waals surface area contributed by atoms with Gasteiger partial charge in [-0.1, -0.05) is 6.42 Å². The second-order valence-corrected chi connectivity index (χ2v) is 5.65. The summed E-state index contributed by atoms with van der Waals surface area (Å²) in [4.78, 5) is 5.40. The van der Waals surface area contributed by atoms with Gasteiger partial charge in [0.1, 0.15) is 0 Å². The molecule has 2 rings (SSSR count). The van der Waals surface area contributed by atoms with Crippen LogP contribution < -0.4 is 0 Å². The van der Waals surface area contributed by atoms with Gasteiger partial charge in [-0.05, 0) is 45.7 Å². The van der Waals surface area contributed by atoms with Crippen LogP contribution in [0.5, 0.6) is 0 Å². The van der Waals surface area contributed by atoms with E-state index in [2.05, 4.69) is 22.6 Å². The SMILES string of the molecule is C#CCCCCN1CC2CCCCN2CC1C. The summed E-state index contributed by atoms with van der Waals surface area (Å²) >= 11 is 0. The topological polar surface area (TPSA) is 6.48 Å². The van der Waals surface area contributed by atoms with Crippen molar-refractivity contribution in [3.8, 4) is 12.3 Å². The first-order valence-electron chi connectivity index (χ1n) is 7.23. The average molecular weight is 234 g/mol. The summed E-state index contributed by atoms with van der Waals surface area (Å²) < 4.78 is 0. The molecule has 2 aliphatic rings. The Morgan fingerprint density at radius 2 is 2.12 bits per heavy atom. The van der Waals surface area contributed by atoms with Crippen molar-refractivity contribution < 1.29 is 0 Å². The number of hydrogen-bond donors (Lipinski definition) is 0. The summed E-state index contributed by atoms with van der Waals surface area (Å²) in [6, 6.07) is 1.57. The van der Waals surface area contributed by atoms with Crippen LogP contribution in [0.1, 0.15) is 45.4 Å². The molecule has 2 saturated heterocycles. The first-order valence-corrected chi connectivity index (χ1v) is 7.23. The number of hydrogen-bond acceptors (Lipinski definition) is 2. The maximum atomic E-state index is 5.29. The van der Waals surface area contributed by atoms with Gasteiger partial charge in [-0.15, -0.1) is 12.3 Å². The quantitative estimate of drug-likeness (QED) is 0.544. The average Bonchev–Trinajstić information content (AvgIpc) is 2.35. The van der Waals surface area contributed by atoms with E-state index in [9.17, 15) is 0 Å². The fourth-order valence-corrected chi connectivity index (χ4v) is 3.27. The highest BCUT2D eigenvalue weighted by atomic mass is 15.3. The summed E-state index contributed by atoms with van der Waals surface area (Å²) in [5, 5.41) is 0. The summed E-state index contributed by atoms with van der Waals surface area (Å²) in [7, 11) is 0. The molecule has 2 atom stereocenters. The normalized spacial score (nSPS) is 30.8. The van der Waals surface area contributed by atoms with Crippen molar-refractivity contribution in [3.05, 3.63) is 0 Å². The molecule has 0 aliphatic carbocycles. The van der Waals surface area contributed by atoms with Gasteiger partial charge in [0.05, 0.1) is 0 Å². The molecule has 0 aromatic carbocycles. The molecular weight excluding hydrogens is 208 g/mol. The second kappa shape index (κ2) is 6.42. The largest absolute Gasteiger partial charge is 0.298 e. The Morgan fingerprint density at radius 3 is 2.94 bits per heavy atom. The zero-order valence-electron chi connectivity index (χ0n) is 11.2. The first-order chi connectivity index (χ1) is 8.31. The predicted octanol–water partition coefficient (Wildman–Crippen LogP) is 2.35. The lowest BCUT2D eigenvalue weighted by Gasteiger charge is -2.47. The van der Waals surface area contributed by atoms with E-state index in [0.29, 0.717) is 0 Å². The molecule has 2 heteroatoms. The van der Waals surface area contributed by atoms with Gasteiger partial charge in [0.25, 0.3) is 0 Å². The van der Waals surface area contributed by atoms with Gasteiger partial charge < -0.3 is 0 Å². The first kappa shape index (κ1) is 12.9. The Balaban J connectivity index is 1.76. The number of piperazine rings is 1. The molecule has 0 aromatic heterocycles. The lowest BCUT2D eigenvalue weighted by Crippen LogP contribution is -2.58. The minimum atomic E-state index is 0.732. The van der Waals surface area contributed by atoms with Crippen molar-refractivity contribution >= 4 is 0 Å². The predicted molar refractivity (Wildman–Crippen MR) is 72.9 cm³/mol. The Hall–Kier alpha value is -0.520. The van der Waals surface area contributed by atoms with Gasteiger partial charge in [-0.3, -0.25) is 9.80 Å². The van der Waals surface area contributed by atoms with Crippen molar-refractivity contribution in [2.24, 2.45) is 0 Å². The Kier molecular flexibility index (Phi) is 4.88. The van der Waals surface area contributed by atoms with E-state index in [1.54, 1.807) is 0 Å². The molecule has 2 nitrogen and oxygen atoms in total. The minimum absolute atomic E-state index is 0.732. The molecule has 2 fully saturated rings. The maximum absolute atomic E-state index is 5.29. The van der Waals surface area contributed by atoms with Crippen LogP contribution in [0.3, 0.4) is 0 Å². The molecule has 0 spiro atoms. The molecular formula is C15H26N2. The monoisotopic (exact) mass is 234 g/mol. The third-order valence-corrected chi connectivity index (χ3v) is 4.33. The Labute approximate surface area is 106 Å². The fourth-order valence-electron chi connectivity index (χ4n) is 3.27. The number of rotatable bonds is 4.